The van der Waals surface area contributed by atoms with Crippen LogP contribution in [0.15, 0.2) is 36.4 Å². The molecule has 0 unspecified atom stereocenters. The molecule has 0 radical (unpaired) electrons. The zero-order chi connectivity index (χ0) is 14.8. The zero-order valence-electron chi connectivity index (χ0n) is 11.4. The molecule has 4 heteroatoms. The molecule has 0 N–H and O–H groups in total. The summed E-state index contributed by atoms with van der Waals surface area (Å²) in [7, 11) is 0. The summed E-state index contributed by atoms with van der Waals surface area (Å²) in [6, 6.07) is 11.8. The second-order valence-corrected chi connectivity index (χ2v) is 5.19. The third-order valence-corrected chi connectivity index (χ3v) is 3.80. The van der Waals surface area contributed by atoms with Crippen LogP contribution in [0.1, 0.15) is 23.1 Å². The number of rotatable bonds is 2. The van der Waals surface area contributed by atoms with Gasteiger partial charge in [0.2, 0.25) is 0 Å². The Morgan fingerprint density at radius 3 is 2.81 bits per heavy atom. The Labute approximate surface area is 122 Å². The Bertz CT molecular complexity index is 719. The first-order valence-corrected chi connectivity index (χ1v) is 6.90. The van der Waals surface area contributed by atoms with Gasteiger partial charge in [-0.2, -0.15) is 5.26 Å². The van der Waals surface area contributed by atoms with Crippen LogP contribution in [0.4, 0.5) is 14.5 Å². The van der Waals surface area contributed by atoms with Crippen LogP contribution in [0, 0.1) is 23.0 Å². The van der Waals surface area contributed by atoms with Gasteiger partial charge >= 0.3 is 0 Å². The molecule has 0 atom stereocenters. The van der Waals surface area contributed by atoms with Gasteiger partial charge in [-0.25, -0.2) is 8.78 Å². The van der Waals surface area contributed by atoms with Crippen LogP contribution < -0.4 is 4.90 Å². The van der Waals surface area contributed by atoms with E-state index in [0.29, 0.717) is 36.3 Å². The molecule has 1 aliphatic rings. The highest BCUT2D eigenvalue weighted by molar-refractivity contribution is 5.57. The van der Waals surface area contributed by atoms with Crippen molar-refractivity contribution in [3.05, 3.63) is 64.7 Å². The van der Waals surface area contributed by atoms with Crippen molar-refractivity contribution in [2.24, 2.45) is 0 Å². The maximum atomic E-state index is 14.1. The van der Waals surface area contributed by atoms with E-state index in [1.807, 2.05) is 23.1 Å². The van der Waals surface area contributed by atoms with Gasteiger partial charge in [-0.3, -0.25) is 0 Å². The minimum atomic E-state index is -0.537. The fraction of sp³-hybridized carbons (Fsp3) is 0.235. The van der Waals surface area contributed by atoms with E-state index in [-0.39, 0.29) is 0 Å². The number of hydrogen-bond donors (Lipinski definition) is 0. The Kier molecular flexibility index (Phi) is 3.57. The quantitative estimate of drug-likeness (QED) is 0.839. The highest BCUT2D eigenvalue weighted by atomic mass is 19.1. The average Bonchev–Trinajstić information content (AvgIpc) is 2.47. The number of hydrogen-bond acceptors (Lipinski definition) is 2. The lowest BCUT2D eigenvalue weighted by atomic mass is 9.99. The standard InChI is InChI=1S/C17H14F2N2/c18-15-8-12-6-3-7-21(17(12)16(19)9-15)11-14-5-2-1-4-13(14)10-20/h1-2,4-5,8-9H,3,6-7,11H2. The van der Waals surface area contributed by atoms with Crippen molar-refractivity contribution >= 4 is 5.69 Å². The van der Waals surface area contributed by atoms with E-state index < -0.39 is 11.6 Å². The van der Waals surface area contributed by atoms with E-state index in [9.17, 15) is 8.78 Å². The summed E-state index contributed by atoms with van der Waals surface area (Å²) < 4.78 is 27.4. The summed E-state index contributed by atoms with van der Waals surface area (Å²) in [5, 5.41) is 9.14. The number of aryl methyl sites for hydroxylation is 1. The second-order valence-electron chi connectivity index (χ2n) is 5.19. The molecule has 0 aromatic heterocycles. The van der Waals surface area contributed by atoms with Gasteiger partial charge in [0.15, 0.2) is 0 Å². The van der Waals surface area contributed by atoms with Gasteiger partial charge in [0.05, 0.1) is 17.3 Å². The summed E-state index contributed by atoms with van der Waals surface area (Å²) in [5.74, 6) is -1.07. The van der Waals surface area contributed by atoms with Crippen molar-refractivity contribution in [3.63, 3.8) is 0 Å². The Morgan fingerprint density at radius 2 is 2.00 bits per heavy atom. The number of nitrogens with zero attached hydrogens (tertiary/aromatic N) is 2. The largest absolute Gasteiger partial charge is 0.365 e. The van der Waals surface area contributed by atoms with Gasteiger partial charge in [-0.05, 0) is 36.1 Å². The van der Waals surface area contributed by atoms with Gasteiger partial charge in [-0.15, -0.1) is 0 Å². The van der Waals surface area contributed by atoms with Crippen LogP contribution in [-0.4, -0.2) is 6.54 Å². The fourth-order valence-corrected chi connectivity index (χ4v) is 2.87. The molecule has 0 spiro atoms. The summed E-state index contributed by atoms with van der Waals surface area (Å²) in [5.41, 5.74) is 2.62. The van der Waals surface area contributed by atoms with Crippen LogP contribution in [0.3, 0.4) is 0 Å². The van der Waals surface area contributed by atoms with E-state index in [1.165, 1.54) is 6.07 Å². The van der Waals surface area contributed by atoms with Crippen LogP contribution in [0.25, 0.3) is 0 Å². The van der Waals surface area contributed by atoms with Gasteiger partial charge in [-0.1, -0.05) is 18.2 Å². The molecule has 0 saturated heterocycles. The zero-order valence-corrected chi connectivity index (χ0v) is 11.4. The first-order valence-electron chi connectivity index (χ1n) is 6.90. The molecule has 0 aliphatic carbocycles. The smallest absolute Gasteiger partial charge is 0.149 e. The lowest BCUT2D eigenvalue weighted by molar-refractivity contribution is 0.561. The second kappa shape index (κ2) is 5.53. The topological polar surface area (TPSA) is 27.0 Å². The molecule has 0 amide bonds. The first-order chi connectivity index (χ1) is 10.2. The van der Waals surface area contributed by atoms with Crippen molar-refractivity contribution in [1.82, 2.24) is 0 Å². The summed E-state index contributed by atoms with van der Waals surface area (Å²) in [6.07, 6.45) is 1.53. The molecule has 0 bridgehead atoms. The molecule has 2 nitrogen and oxygen atoms in total. The monoisotopic (exact) mass is 284 g/mol. The van der Waals surface area contributed by atoms with Crippen LogP contribution >= 0.6 is 0 Å². The van der Waals surface area contributed by atoms with E-state index >= 15 is 0 Å². The number of benzene rings is 2. The van der Waals surface area contributed by atoms with Crippen LogP contribution in [0.5, 0.6) is 0 Å². The maximum Gasteiger partial charge on any atom is 0.149 e. The Balaban J connectivity index is 1.98. The SMILES string of the molecule is N#Cc1ccccc1CN1CCCc2cc(F)cc(F)c21. The van der Waals surface area contributed by atoms with E-state index in [1.54, 1.807) is 6.07 Å². The molecule has 1 heterocycles. The number of fused-ring (bicyclic) bond motifs is 1. The molecule has 2 aromatic carbocycles. The molecular weight excluding hydrogens is 270 g/mol. The number of anilines is 1. The molecule has 106 valence electrons. The van der Waals surface area contributed by atoms with Crippen molar-refractivity contribution in [2.45, 2.75) is 19.4 Å². The molecule has 3 rings (SSSR count). The number of nitriles is 1. The third-order valence-electron chi connectivity index (χ3n) is 3.80. The molecular formula is C17H14F2N2. The molecule has 21 heavy (non-hydrogen) atoms. The van der Waals surface area contributed by atoms with E-state index in [2.05, 4.69) is 6.07 Å². The first kappa shape index (κ1) is 13.6. The minimum Gasteiger partial charge on any atom is -0.365 e. The molecule has 0 saturated carbocycles. The normalized spacial score (nSPS) is 13.7. The summed E-state index contributed by atoms with van der Waals surface area (Å²) >= 11 is 0. The van der Waals surface area contributed by atoms with E-state index in [4.69, 9.17) is 5.26 Å². The van der Waals surface area contributed by atoms with E-state index in [0.717, 1.165) is 18.1 Å². The molecule has 1 aliphatic heterocycles. The third kappa shape index (κ3) is 2.59. The predicted octanol–water partition coefficient (Wildman–Crippen LogP) is 3.79. The van der Waals surface area contributed by atoms with Gasteiger partial charge in [0, 0.05) is 19.2 Å². The molecule has 2 aromatic rings. The highest BCUT2D eigenvalue weighted by Crippen LogP contribution is 2.32. The maximum absolute atomic E-state index is 14.1. The lowest BCUT2D eigenvalue weighted by Crippen LogP contribution is -2.30. The lowest BCUT2D eigenvalue weighted by Gasteiger charge is -2.32. The molecule has 0 fully saturated rings. The fourth-order valence-electron chi connectivity index (χ4n) is 2.87. The highest BCUT2D eigenvalue weighted by Gasteiger charge is 2.22. The summed E-state index contributed by atoms with van der Waals surface area (Å²) in [4.78, 5) is 1.89. The predicted molar refractivity (Wildman–Crippen MR) is 76.9 cm³/mol. The van der Waals surface area contributed by atoms with Crippen molar-refractivity contribution in [2.75, 3.05) is 11.4 Å². The van der Waals surface area contributed by atoms with Gasteiger partial charge < -0.3 is 4.90 Å². The Hall–Kier alpha value is -2.41. The van der Waals surface area contributed by atoms with Crippen molar-refractivity contribution in [3.8, 4) is 6.07 Å². The minimum absolute atomic E-state index is 0.458. The van der Waals surface area contributed by atoms with Gasteiger partial charge in [0.1, 0.15) is 11.6 Å². The van der Waals surface area contributed by atoms with Crippen molar-refractivity contribution < 1.29 is 8.78 Å². The van der Waals surface area contributed by atoms with Crippen LogP contribution in [-0.2, 0) is 13.0 Å². The average molecular weight is 284 g/mol. The number of halogens is 2. The van der Waals surface area contributed by atoms with Gasteiger partial charge in [0.25, 0.3) is 0 Å². The van der Waals surface area contributed by atoms with Crippen LogP contribution in [0.2, 0.25) is 0 Å². The summed E-state index contributed by atoms with van der Waals surface area (Å²) in [6.45, 7) is 1.16. The Morgan fingerprint density at radius 1 is 1.19 bits per heavy atom. The van der Waals surface area contributed by atoms with Crippen molar-refractivity contribution in [1.29, 1.82) is 5.26 Å².